The molecule has 0 saturated carbocycles. The van der Waals surface area contributed by atoms with Crippen LogP contribution in [0.15, 0.2) is 30.3 Å². The van der Waals surface area contributed by atoms with Crippen LogP contribution in [-0.4, -0.2) is 29.0 Å². The lowest BCUT2D eigenvalue weighted by Crippen LogP contribution is -2.57. The number of carbonyl (C=O) groups excluding carboxylic acids is 1. The monoisotopic (exact) mass is 291 g/mol. The number of rotatable bonds is 4. The summed E-state index contributed by atoms with van der Waals surface area (Å²) < 4.78 is 42.8. The summed E-state index contributed by atoms with van der Waals surface area (Å²) in [6.07, 6.45) is -6.01. The summed E-state index contributed by atoms with van der Waals surface area (Å²) in [7, 11) is 0. The zero-order chi connectivity index (χ0) is 15.4. The van der Waals surface area contributed by atoms with Gasteiger partial charge in [0.2, 0.25) is 0 Å². The van der Waals surface area contributed by atoms with Crippen molar-refractivity contribution < 1.29 is 27.8 Å². The van der Waals surface area contributed by atoms with Crippen LogP contribution in [0.3, 0.4) is 0 Å². The molecule has 0 aliphatic heterocycles. The van der Waals surface area contributed by atoms with Crippen LogP contribution in [0.1, 0.15) is 19.4 Å². The van der Waals surface area contributed by atoms with Gasteiger partial charge in [-0.3, -0.25) is 0 Å². The Morgan fingerprint density at radius 3 is 2.30 bits per heavy atom. The van der Waals surface area contributed by atoms with E-state index in [0.717, 1.165) is 13.8 Å². The van der Waals surface area contributed by atoms with E-state index in [1.54, 1.807) is 35.6 Å². The van der Waals surface area contributed by atoms with Gasteiger partial charge in [0.1, 0.15) is 6.61 Å². The summed E-state index contributed by atoms with van der Waals surface area (Å²) in [6, 6.07) is 6.13. The molecule has 0 aromatic heterocycles. The van der Waals surface area contributed by atoms with Crippen molar-refractivity contribution in [2.24, 2.45) is 0 Å². The Morgan fingerprint density at radius 1 is 1.30 bits per heavy atom. The van der Waals surface area contributed by atoms with Crippen molar-refractivity contribution in [2.45, 2.75) is 38.3 Å². The number of ether oxygens (including phenoxy) is 1. The molecule has 1 unspecified atom stereocenters. The van der Waals surface area contributed by atoms with E-state index in [0.29, 0.717) is 5.56 Å². The summed E-state index contributed by atoms with van der Waals surface area (Å²) in [4.78, 5) is 11.4. The molecule has 0 aliphatic carbocycles. The highest BCUT2D eigenvalue weighted by Crippen LogP contribution is 2.28. The first kappa shape index (κ1) is 16.3. The normalized spacial score (nSPS) is 13.7. The molecule has 1 aromatic rings. The highest BCUT2D eigenvalue weighted by Gasteiger charge is 2.49. The van der Waals surface area contributed by atoms with Crippen LogP contribution >= 0.6 is 0 Å². The molecule has 0 saturated heterocycles. The zero-order valence-electron chi connectivity index (χ0n) is 11.1. The summed E-state index contributed by atoms with van der Waals surface area (Å²) in [5, 5.41) is 11.1. The third-order valence-electron chi connectivity index (χ3n) is 2.51. The third-order valence-corrected chi connectivity index (χ3v) is 2.51. The minimum atomic E-state index is -4.77. The van der Waals surface area contributed by atoms with Gasteiger partial charge in [0.05, 0.1) is 5.60 Å². The van der Waals surface area contributed by atoms with Gasteiger partial charge in [0, 0.05) is 0 Å². The van der Waals surface area contributed by atoms with Crippen LogP contribution in [0.25, 0.3) is 0 Å². The largest absolute Gasteiger partial charge is 0.445 e. The van der Waals surface area contributed by atoms with Crippen molar-refractivity contribution in [3.05, 3.63) is 35.9 Å². The van der Waals surface area contributed by atoms with Crippen molar-refractivity contribution in [1.82, 2.24) is 5.32 Å². The summed E-state index contributed by atoms with van der Waals surface area (Å²) in [5.41, 5.74) is -1.50. The number of amides is 1. The van der Waals surface area contributed by atoms with Crippen LogP contribution in [0.5, 0.6) is 0 Å². The molecule has 0 radical (unpaired) electrons. The first-order valence-corrected chi connectivity index (χ1v) is 5.87. The van der Waals surface area contributed by atoms with Gasteiger partial charge in [-0.05, 0) is 19.4 Å². The number of nitrogens with one attached hydrogen (secondary N) is 1. The van der Waals surface area contributed by atoms with Gasteiger partial charge in [-0.1, -0.05) is 30.3 Å². The van der Waals surface area contributed by atoms with Gasteiger partial charge in [0.25, 0.3) is 0 Å². The molecule has 1 rings (SSSR count). The zero-order valence-corrected chi connectivity index (χ0v) is 11.1. The van der Waals surface area contributed by atoms with Crippen molar-refractivity contribution in [1.29, 1.82) is 0 Å². The second-order valence-electron chi connectivity index (χ2n) is 4.83. The van der Waals surface area contributed by atoms with E-state index in [2.05, 4.69) is 4.74 Å². The smallest absolute Gasteiger partial charge is 0.411 e. The number of hydrogen-bond acceptors (Lipinski definition) is 3. The first-order valence-electron chi connectivity index (χ1n) is 5.87. The van der Waals surface area contributed by atoms with Gasteiger partial charge >= 0.3 is 12.3 Å². The lowest BCUT2D eigenvalue weighted by molar-refractivity contribution is -0.193. The number of alkyl halides is 3. The SMILES string of the molecule is CC(C)(O)C(NC(=O)OCc1ccccc1)C(F)(F)F. The number of alkyl carbamates (subject to hydrolysis) is 1. The van der Waals surface area contributed by atoms with E-state index >= 15 is 0 Å². The minimum absolute atomic E-state index is 0.150. The maximum Gasteiger partial charge on any atom is 0.411 e. The fourth-order valence-electron chi connectivity index (χ4n) is 1.54. The van der Waals surface area contributed by atoms with Crippen molar-refractivity contribution in [2.75, 3.05) is 0 Å². The molecule has 0 aliphatic rings. The molecule has 4 nitrogen and oxygen atoms in total. The molecule has 2 N–H and O–H groups in total. The average Bonchev–Trinajstić information content (AvgIpc) is 2.32. The van der Waals surface area contributed by atoms with E-state index in [9.17, 15) is 23.1 Å². The fraction of sp³-hybridized carbons (Fsp3) is 0.462. The summed E-state index contributed by atoms with van der Waals surface area (Å²) >= 11 is 0. The van der Waals surface area contributed by atoms with Gasteiger partial charge in [-0.25, -0.2) is 4.79 Å². The standard InChI is InChI=1S/C13H16F3NO3/c1-12(2,19)10(13(14,15)16)17-11(18)20-8-9-6-4-3-5-7-9/h3-7,10,19H,8H2,1-2H3,(H,17,18). The molecular formula is C13H16F3NO3. The Hall–Kier alpha value is -1.76. The first-order chi connectivity index (χ1) is 9.10. The second-order valence-corrected chi connectivity index (χ2v) is 4.83. The quantitative estimate of drug-likeness (QED) is 0.896. The van der Waals surface area contributed by atoms with Gasteiger partial charge in [-0.15, -0.1) is 0 Å². The predicted octanol–water partition coefficient (Wildman–Crippen LogP) is 2.61. The Kier molecular flexibility index (Phi) is 4.99. The van der Waals surface area contributed by atoms with E-state index < -0.39 is 23.9 Å². The van der Waals surface area contributed by atoms with Crippen molar-refractivity contribution in [3.63, 3.8) is 0 Å². The molecule has 7 heteroatoms. The van der Waals surface area contributed by atoms with Crippen molar-refractivity contribution in [3.8, 4) is 0 Å². The van der Waals surface area contributed by atoms with Gasteiger partial charge in [-0.2, -0.15) is 13.2 Å². The molecule has 0 heterocycles. The lowest BCUT2D eigenvalue weighted by Gasteiger charge is -2.31. The number of halogens is 3. The maximum absolute atomic E-state index is 12.7. The Labute approximate surface area is 114 Å². The fourth-order valence-corrected chi connectivity index (χ4v) is 1.54. The molecule has 1 atom stereocenters. The van der Waals surface area contributed by atoms with E-state index in [1.165, 1.54) is 0 Å². The van der Waals surface area contributed by atoms with Gasteiger partial charge in [0.15, 0.2) is 6.04 Å². The Balaban J connectivity index is 2.59. The molecule has 0 bridgehead atoms. The lowest BCUT2D eigenvalue weighted by atomic mass is 9.99. The molecule has 0 fully saturated rings. The number of carbonyl (C=O) groups is 1. The maximum atomic E-state index is 12.7. The van der Waals surface area contributed by atoms with Crippen LogP contribution in [0.2, 0.25) is 0 Å². The molecule has 1 aromatic carbocycles. The van der Waals surface area contributed by atoms with Crippen molar-refractivity contribution >= 4 is 6.09 Å². The van der Waals surface area contributed by atoms with E-state index in [4.69, 9.17) is 0 Å². The predicted molar refractivity (Wildman–Crippen MR) is 65.9 cm³/mol. The van der Waals surface area contributed by atoms with E-state index in [-0.39, 0.29) is 6.61 Å². The number of hydrogen-bond donors (Lipinski definition) is 2. The minimum Gasteiger partial charge on any atom is -0.445 e. The molecule has 0 spiro atoms. The molecular weight excluding hydrogens is 275 g/mol. The summed E-state index contributed by atoms with van der Waals surface area (Å²) in [5.74, 6) is 0. The highest BCUT2D eigenvalue weighted by molar-refractivity contribution is 5.68. The van der Waals surface area contributed by atoms with Crippen LogP contribution in [0.4, 0.5) is 18.0 Å². The average molecular weight is 291 g/mol. The second kappa shape index (κ2) is 6.13. The summed E-state index contributed by atoms with van der Waals surface area (Å²) in [6.45, 7) is 1.77. The topological polar surface area (TPSA) is 58.6 Å². The van der Waals surface area contributed by atoms with E-state index in [1.807, 2.05) is 0 Å². The highest BCUT2D eigenvalue weighted by atomic mass is 19.4. The third kappa shape index (κ3) is 5.08. The number of aliphatic hydroxyl groups is 1. The van der Waals surface area contributed by atoms with Crippen LogP contribution in [0, 0.1) is 0 Å². The number of benzene rings is 1. The Bertz CT molecular complexity index is 426. The van der Waals surface area contributed by atoms with Crippen LogP contribution in [-0.2, 0) is 11.3 Å². The van der Waals surface area contributed by atoms with Crippen LogP contribution < -0.4 is 5.32 Å². The molecule has 1 amide bonds. The Morgan fingerprint density at radius 2 is 1.85 bits per heavy atom. The van der Waals surface area contributed by atoms with Gasteiger partial charge < -0.3 is 15.2 Å². The molecule has 112 valence electrons. The molecule has 20 heavy (non-hydrogen) atoms.